The first-order valence-corrected chi connectivity index (χ1v) is 6.90. The average Bonchev–Trinajstić information content (AvgIpc) is 2.50. The second kappa shape index (κ2) is 6.78. The van der Waals surface area contributed by atoms with Gasteiger partial charge in [0.25, 0.3) is 0 Å². The van der Waals surface area contributed by atoms with Crippen LogP contribution in [0.2, 0.25) is 5.02 Å². The van der Waals surface area contributed by atoms with Gasteiger partial charge in [-0.1, -0.05) is 17.7 Å². The van der Waals surface area contributed by atoms with Gasteiger partial charge in [0, 0.05) is 17.3 Å². The predicted molar refractivity (Wildman–Crippen MR) is 78.5 cm³/mol. The van der Waals surface area contributed by atoms with E-state index in [1.165, 1.54) is 12.0 Å². The summed E-state index contributed by atoms with van der Waals surface area (Å²) in [5.41, 5.74) is 1.50. The van der Waals surface area contributed by atoms with E-state index in [1.54, 1.807) is 12.1 Å². The SMILES string of the molecule is COC(=O)C1COCCN1C(=O)Nc1ccc(C)c(Cl)c1. The number of carbonyl (C=O) groups excluding carboxylic acids is 2. The number of benzene rings is 1. The van der Waals surface area contributed by atoms with Gasteiger partial charge in [-0.25, -0.2) is 9.59 Å². The number of urea groups is 1. The Bertz CT molecular complexity index is 550. The largest absolute Gasteiger partial charge is 0.467 e. The zero-order chi connectivity index (χ0) is 15.4. The molecule has 1 aliphatic heterocycles. The third kappa shape index (κ3) is 3.65. The van der Waals surface area contributed by atoms with E-state index in [4.69, 9.17) is 21.1 Å². The number of methoxy groups -OCH3 is 1. The number of halogens is 1. The van der Waals surface area contributed by atoms with Gasteiger partial charge in [0.05, 0.1) is 20.3 Å². The van der Waals surface area contributed by atoms with Crippen LogP contribution in [0.15, 0.2) is 18.2 Å². The van der Waals surface area contributed by atoms with Crippen molar-refractivity contribution in [3.63, 3.8) is 0 Å². The summed E-state index contributed by atoms with van der Waals surface area (Å²) in [7, 11) is 1.28. The summed E-state index contributed by atoms with van der Waals surface area (Å²) in [5, 5.41) is 3.30. The van der Waals surface area contributed by atoms with E-state index in [0.717, 1.165) is 5.56 Å². The fraction of sp³-hybridized carbons (Fsp3) is 0.429. The number of hydrogen-bond acceptors (Lipinski definition) is 4. The van der Waals surface area contributed by atoms with E-state index in [0.29, 0.717) is 23.9 Å². The molecule has 21 heavy (non-hydrogen) atoms. The molecule has 7 heteroatoms. The molecule has 1 atom stereocenters. The number of hydrogen-bond donors (Lipinski definition) is 1. The molecule has 1 heterocycles. The zero-order valence-corrected chi connectivity index (χ0v) is 12.6. The molecule has 114 valence electrons. The van der Waals surface area contributed by atoms with Crippen molar-refractivity contribution in [1.82, 2.24) is 4.90 Å². The number of amides is 2. The Morgan fingerprint density at radius 2 is 2.24 bits per heavy atom. The maximum atomic E-state index is 12.3. The first kappa shape index (κ1) is 15.6. The summed E-state index contributed by atoms with van der Waals surface area (Å²) >= 11 is 6.03. The number of nitrogens with zero attached hydrogens (tertiary/aromatic N) is 1. The molecule has 1 saturated heterocycles. The van der Waals surface area contributed by atoms with Gasteiger partial charge in [-0.3, -0.25) is 0 Å². The second-order valence-electron chi connectivity index (χ2n) is 4.70. The maximum Gasteiger partial charge on any atom is 0.331 e. The van der Waals surface area contributed by atoms with E-state index in [-0.39, 0.29) is 12.6 Å². The van der Waals surface area contributed by atoms with Crippen LogP contribution in [0.1, 0.15) is 5.56 Å². The Hall–Kier alpha value is -1.79. The topological polar surface area (TPSA) is 67.9 Å². The smallest absolute Gasteiger partial charge is 0.331 e. The molecule has 0 aliphatic carbocycles. The van der Waals surface area contributed by atoms with Crippen molar-refractivity contribution in [3.05, 3.63) is 28.8 Å². The van der Waals surface area contributed by atoms with Gasteiger partial charge in [0.15, 0.2) is 6.04 Å². The van der Waals surface area contributed by atoms with Crippen LogP contribution < -0.4 is 5.32 Å². The summed E-state index contributed by atoms with van der Waals surface area (Å²) in [6, 6.07) is 4.13. The van der Waals surface area contributed by atoms with Gasteiger partial charge in [-0.05, 0) is 24.6 Å². The molecule has 1 aliphatic rings. The Balaban J connectivity index is 2.10. The minimum absolute atomic E-state index is 0.134. The fourth-order valence-corrected chi connectivity index (χ4v) is 2.22. The number of morpholine rings is 1. The number of aryl methyl sites for hydroxylation is 1. The van der Waals surface area contributed by atoms with Crippen molar-refractivity contribution in [2.75, 3.05) is 32.2 Å². The number of esters is 1. The molecular formula is C14H17ClN2O4. The van der Waals surface area contributed by atoms with Crippen LogP contribution in [0.4, 0.5) is 10.5 Å². The number of nitrogens with one attached hydrogen (secondary N) is 1. The van der Waals surface area contributed by atoms with Crippen LogP contribution >= 0.6 is 11.6 Å². The molecule has 0 radical (unpaired) electrons. The molecule has 1 N–H and O–H groups in total. The molecule has 0 spiro atoms. The van der Waals surface area contributed by atoms with Crippen molar-refractivity contribution < 1.29 is 19.1 Å². The van der Waals surface area contributed by atoms with Gasteiger partial charge in [0.2, 0.25) is 0 Å². The highest BCUT2D eigenvalue weighted by atomic mass is 35.5. The van der Waals surface area contributed by atoms with Crippen LogP contribution in [0, 0.1) is 6.92 Å². The lowest BCUT2D eigenvalue weighted by Gasteiger charge is -2.33. The van der Waals surface area contributed by atoms with Gasteiger partial charge in [-0.15, -0.1) is 0 Å². The molecule has 0 saturated carbocycles. The minimum atomic E-state index is -0.732. The average molecular weight is 313 g/mol. The molecular weight excluding hydrogens is 296 g/mol. The van der Waals surface area contributed by atoms with Crippen molar-refractivity contribution >= 4 is 29.3 Å². The molecule has 1 aromatic rings. The van der Waals surface area contributed by atoms with Gasteiger partial charge in [0.1, 0.15) is 0 Å². The lowest BCUT2D eigenvalue weighted by atomic mass is 10.2. The van der Waals surface area contributed by atoms with Crippen LogP contribution in [-0.4, -0.2) is 49.8 Å². The normalized spacial score (nSPS) is 18.2. The Labute approximate surface area is 128 Å². The second-order valence-corrected chi connectivity index (χ2v) is 5.11. The molecule has 6 nitrogen and oxygen atoms in total. The molecule has 1 aromatic carbocycles. The van der Waals surface area contributed by atoms with Crippen LogP contribution in [0.25, 0.3) is 0 Å². The van der Waals surface area contributed by atoms with Gasteiger partial charge in [-0.2, -0.15) is 0 Å². The maximum absolute atomic E-state index is 12.3. The predicted octanol–water partition coefficient (Wildman–Crippen LogP) is 2.05. The van der Waals surface area contributed by atoms with Gasteiger partial charge >= 0.3 is 12.0 Å². The van der Waals surface area contributed by atoms with Crippen molar-refractivity contribution in [2.45, 2.75) is 13.0 Å². The first-order valence-electron chi connectivity index (χ1n) is 6.52. The van der Waals surface area contributed by atoms with Crippen molar-refractivity contribution in [2.24, 2.45) is 0 Å². The van der Waals surface area contributed by atoms with Crippen LogP contribution in [0.3, 0.4) is 0 Å². The summed E-state index contributed by atoms with van der Waals surface area (Å²) in [6.07, 6.45) is 0. The summed E-state index contributed by atoms with van der Waals surface area (Å²) in [4.78, 5) is 25.4. The molecule has 2 amide bonds. The Morgan fingerprint density at radius 1 is 1.48 bits per heavy atom. The highest BCUT2D eigenvalue weighted by Gasteiger charge is 2.33. The lowest BCUT2D eigenvalue weighted by molar-refractivity contribution is -0.150. The highest BCUT2D eigenvalue weighted by Crippen LogP contribution is 2.21. The number of ether oxygens (including phenoxy) is 2. The monoisotopic (exact) mass is 312 g/mol. The minimum Gasteiger partial charge on any atom is -0.467 e. The molecule has 0 bridgehead atoms. The first-order chi connectivity index (χ1) is 10.0. The molecule has 0 aromatic heterocycles. The quantitative estimate of drug-likeness (QED) is 0.849. The number of anilines is 1. The number of rotatable bonds is 2. The van der Waals surface area contributed by atoms with E-state index in [9.17, 15) is 9.59 Å². The van der Waals surface area contributed by atoms with Crippen molar-refractivity contribution in [3.8, 4) is 0 Å². The van der Waals surface area contributed by atoms with E-state index in [2.05, 4.69) is 5.32 Å². The standard InChI is InChI=1S/C14H17ClN2O4/c1-9-3-4-10(7-11(9)15)16-14(19)17-5-6-21-8-12(17)13(18)20-2/h3-4,7,12H,5-6,8H2,1-2H3,(H,16,19). The summed E-state index contributed by atoms with van der Waals surface area (Å²) in [6.45, 7) is 2.72. The summed E-state index contributed by atoms with van der Waals surface area (Å²) in [5.74, 6) is -0.494. The molecule has 1 unspecified atom stereocenters. The molecule has 1 fully saturated rings. The van der Waals surface area contributed by atoms with Gasteiger partial charge < -0.3 is 19.7 Å². The Kier molecular flexibility index (Phi) is 5.03. The van der Waals surface area contributed by atoms with E-state index < -0.39 is 12.0 Å². The Morgan fingerprint density at radius 3 is 2.90 bits per heavy atom. The van der Waals surface area contributed by atoms with E-state index in [1.807, 2.05) is 13.0 Å². The zero-order valence-electron chi connectivity index (χ0n) is 11.9. The highest BCUT2D eigenvalue weighted by molar-refractivity contribution is 6.31. The third-order valence-electron chi connectivity index (χ3n) is 3.29. The van der Waals surface area contributed by atoms with E-state index >= 15 is 0 Å². The lowest BCUT2D eigenvalue weighted by Crippen LogP contribution is -2.54. The van der Waals surface area contributed by atoms with Crippen molar-refractivity contribution in [1.29, 1.82) is 0 Å². The number of carbonyl (C=O) groups is 2. The third-order valence-corrected chi connectivity index (χ3v) is 3.69. The van der Waals surface area contributed by atoms with Crippen LogP contribution in [-0.2, 0) is 14.3 Å². The molecule has 2 rings (SSSR count). The van der Waals surface area contributed by atoms with Crippen LogP contribution in [0.5, 0.6) is 0 Å². The summed E-state index contributed by atoms with van der Waals surface area (Å²) < 4.78 is 9.92. The fourth-order valence-electron chi connectivity index (χ4n) is 2.04.